The van der Waals surface area contributed by atoms with Gasteiger partial charge in [0.1, 0.15) is 0 Å². The summed E-state index contributed by atoms with van der Waals surface area (Å²) in [5.41, 5.74) is 5.64. The number of rotatable bonds is 6. The standard InChI is InChI=1S/C30H28S/c1-3-10-23-25-14-8-9-15-26(25)24(11-4-2)28-20-22(16-17-27(23)28)30-19-18-29(31-30)21-12-6-5-7-13-21/h5-9,12-20H,3-4,10-11H2,1-2H3. The normalized spacial score (nSPS) is 11.4. The molecule has 0 aliphatic rings. The predicted octanol–water partition coefficient (Wildman–Crippen LogP) is 9.29. The average molecular weight is 421 g/mol. The van der Waals surface area contributed by atoms with Crippen LogP contribution in [0.1, 0.15) is 37.8 Å². The third kappa shape index (κ3) is 3.68. The van der Waals surface area contributed by atoms with Gasteiger partial charge in [-0.15, -0.1) is 11.3 Å². The fraction of sp³-hybridized carbons (Fsp3) is 0.200. The molecule has 0 unspecified atom stereocenters. The maximum Gasteiger partial charge on any atom is 0.0349 e. The lowest BCUT2D eigenvalue weighted by Crippen LogP contribution is -1.96. The van der Waals surface area contributed by atoms with Crippen molar-refractivity contribution in [2.45, 2.75) is 39.5 Å². The van der Waals surface area contributed by atoms with E-state index in [1.165, 1.54) is 60.0 Å². The molecule has 1 heteroatoms. The predicted molar refractivity (Wildman–Crippen MR) is 138 cm³/mol. The summed E-state index contributed by atoms with van der Waals surface area (Å²) >= 11 is 1.88. The molecule has 0 amide bonds. The minimum atomic E-state index is 1.12. The van der Waals surface area contributed by atoms with Gasteiger partial charge in [-0.05, 0) is 74.8 Å². The van der Waals surface area contributed by atoms with E-state index >= 15 is 0 Å². The lowest BCUT2D eigenvalue weighted by atomic mass is 9.87. The topological polar surface area (TPSA) is 0 Å². The first-order valence-electron chi connectivity index (χ1n) is 11.4. The number of benzene rings is 4. The maximum absolute atomic E-state index is 2.45. The van der Waals surface area contributed by atoms with Crippen molar-refractivity contribution in [3.8, 4) is 20.9 Å². The molecule has 0 aliphatic heterocycles. The van der Waals surface area contributed by atoms with Crippen LogP contribution in [0.3, 0.4) is 0 Å². The molecule has 31 heavy (non-hydrogen) atoms. The van der Waals surface area contributed by atoms with Crippen molar-refractivity contribution in [3.63, 3.8) is 0 Å². The average Bonchev–Trinajstić information content (AvgIpc) is 3.32. The first-order chi connectivity index (χ1) is 15.3. The molecule has 0 aliphatic carbocycles. The minimum Gasteiger partial charge on any atom is -0.135 e. The summed E-state index contributed by atoms with van der Waals surface area (Å²) in [5.74, 6) is 0. The highest BCUT2D eigenvalue weighted by molar-refractivity contribution is 7.18. The smallest absolute Gasteiger partial charge is 0.0349 e. The van der Waals surface area contributed by atoms with Gasteiger partial charge >= 0.3 is 0 Å². The molecule has 154 valence electrons. The Balaban J connectivity index is 1.71. The Morgan fingerprint density at radius 3 is 1.71 bits per heavy atom. The molecule has 0 spiro atoms. The van der Waals surface area contributed by atoms with E-state index in [0.29, 0.717) is 0 Å². The number of thiophene rings is 1. The second-order valence-electron chi connectivity index (χ2n) is 8.29. The molecule has 0 radical (unpaired) electrons. The third-order valence-corrected chi connectivity index (χ3v) is 7.38. The lowest BCUT2D eigenvalue weighted by Gasteiger charge is -2.17. The number of hydrogen-bond acceptors (Lipinski definition) is 1. The van der Waals surface area contributed by atoms with Crippen molar-refractivity contribution >= 4 is 32.9 Å². The fourth-order valence-electron chi connectivity index (χ4n) is 4.80. The zero-order valence-corrected chi connectivity index (χ0v) is 19.1. The van der Waals surface area contributed by atoms with E-state index in [1.807, 2.05) is 11.3 Å². The maximum atomic E-state index is 2.45. The second-order valence-corrected chi connectivity index (χ2v) is 9.38. The van der Waals surface area contributed by atoms with Gasteiger partial charge < -0.3 is 0 Å². The van der Waals surface area contributed by atoms with Gasteiger partial charge in [0, 0.05) is 9.75 Å². The van der Waals surface area contributed by atoms with Crippen LogP contribution in [0.15, 0.2) is 84.9 Å². The van der Waals surface area contributed by atoms with E-state index in [9.17, 15) is 0 Å². The van der Waals surface area contributed by atoms with E-state index in [2.05, 4.69) is 98.8 Å². The highest BCUT2D eigenvalue weighted by Gasteiger charge is 2.14. The Labute approximate surface area is 189 Å². The third-order valence-electron chi connectivity index (χ3n) is 6.20. The molecule has 0 saturated heterocycles. The number of hydrogen-bond donors (Lipinski definition) is 0. The van der Waals surface area contributed by atoms with Crippen LogP contribution in [-0.2, 0) is 12.8 Å². The van der Waals surface area contributed by atoms with Gasteiger partial charge in [0.2, 0.25) is 0 Å². The summed E-state index contributed by atoms with van der Waals surface area (Å²) in [4.78, 5) is 2.67. The Kier molecular flexibility index (Phi) is 5.61. The van der Waals surface area contributed by atoms with Crippen LogP contribution in [0.4, 0.5) is 0 Å². The van der Waals surface area contributed by atoms with Gasteiger partial charge in [0.05, 0.1) is 0 Å². The van der Waals surface area contributed by atoms with Crippen molar-refractivity contribution in [1.82, 2.24) is 0 Å². The van der Waals surface area contributed by atoms with Crippen molar-refractivity contribution in [2.75, 3.05) is 0 Å². The van der Waals surface area contributed by atoms with Gasteiger partial charge in [-0.2, -0.15) is 0 Å². The van der Waals surface area contributed by atoms with Crippen LogP contribution < -0.4 is 0 Å². The number of aryl methyl sites for hydroxylation is 2. The van der Waals surface area contributed by atoms with Gasteiger partial charge in [0.25, 0.3) is 0 Å². The fourth-order valence-corrected chi connectivity index (χ4v) is 5.81. The summed E-state index contributed by atoms with van der Waals surface area (Å²) in [7, 11) is 0. The first-order valence-corrected chi connectivity index (χ1v) is 12.2. The molecule has 0 fully saturated rings. The molecule has 0 saturated carbocycles. The quantitative estimate of drug-likeness (QED) is 0.240. The molecule has 0 nitrogen and oxygen atoms in total. The Morgan fingerprint density at radius 2 is 1.06 bits per heavy atom. The molecule has 0 atom stereocenters. The SMILES string of the molecule is CCCc1c2ccccc2c(CCC)c2cc(-c3ccc(-c4ccccc4)s3)ccc12. The van der Waals surface area contributed by atoms with E-state index in [-0.39, 0.29) is 0 Å². The van der Waals surface area contributed by atoms with Crippen molar-refractivity contribution < 1.29 is 0 Å². The highest BCUT2D eigenvalue weighted by atomic mass is 32.1. The zero-order valence-electron chi connectivity index (χ0n) is 18.3. The molecule has 5 rings (SSSR count). The lowest BCUT2D eigenvalue weighted by molar-refractivity contribution is 0.927. The molecule has 1 aromatic heterocycles. The first kappa shape index (κ1) is 20.0. The van der Waals surface area contributed by atoms with E-state index < -0.39 is 0 Å². The highest BCUT2D eigenvalue weighted by Crippen LogP contribution is 2.39. The Bertz CT molecular complexity index is 1340. The summed E-state index contributed by atoms with van der Waals surface area (Å²) in [5, 5.41) is 5.76. The van der Waals surface area contributed by atoms with Gasteiger partial charge in [-0.1, -0.05) is 93.4 Å². The van der Waals surface area contributed by atoms with Crippen molar-refractivity contribution in [3.05, 3.63) is 96.1 Å². The van der Waals surface area contributed by atoms with E-state index in [0.717, 1.165) is 19.3 Å². The van der Waals surface area contributed by atoms with Crippen LogP contribution in [-0.4, -0.2) is 0 Å². The molecule has 0 N–H and O–H groups in total. The van der Waals surface area contributed by atoms with Gasteiger partial charge in [0.15, 0.2) is 0 Å². The molecular formula is C30H28S. The van der Waals surface area contributed by atoms with Crippen LogP contribution >= 0.6 is 11.3 Å². The summed E-state index contributed by atoms with van der Waals surface area (Å²) in [6.45, 7) is 4.57. The van der Waals surface area contributed by atoms with Gasteiger partial charge in [-0.3, -0.25) is 0 Å². The molecule has 5 aromatic rings. The zero-order chi connectivity index (χ0) is 21.2. The van der Waals surface area contributed by atoms with Crippen LogP contribution in [0.2, 0.25) is 0 Å². The molecule has 4 aromatic carbocycles. The summed E-state index contributed by atoms with van der Waals surface area (Å²) in [6.07, 6.45) is 4.57. The summed E-state index contributed by atoms with van der Waals surface area (Å²) < 4.78 is 0. The Hall–Kier alpha value is -2.90. The molecule has 0 bridgehead atoms. The van der Waals surface area contributed by atoms with Crippen molar-refractivity contribution in [2.24, 2.45) is 0 Å². The van der Waals surface area contributed by atoms with Crippen LogP contribution in [0.5, 0.6) is 0 Å². The molecular weight excluding hydrogens is 392 g/mol. The Morgan fingerprint density at radius 1 is 0.516 bits per heavy atom. The largest absolute Gasteiger partial charge is 0.135 e. The van der Waals surface area contributed by atoms with E-state index in [1.54, 1.807) is 0 Å². The van der Waals surface area contributed by atoms with E-state index in [4.69, 9.17) is 0 Å². The molecule has 1 heterocycles. The second kappa shape index (κ2) is 8.69. The monoisotopic (exact) mass is 420 g/mol. The minimum absolute atomic E-state index is 1.12. The van der Waals surface area contributed by atoms with Crippen LogP contribution in [0, 0.1) is 0 Å². The number of fused-ring (bicyclic) bond motifs is 2. The van der Waals surface area contributed by atoms with Gasteiger partial charge in [-0.25, -0.2) is 0 Å². The summed E-state index contributed by atoms with van der Waals surface area (Å²) in [6, 6.07) is 31.4. The van der Waals surface area contributed by atoms with Crippen molar-refractivity contribution in [1.29, 1.82) is 0 Å². The van der Waals surface area contributed by atoms with Crippen LogP contribution in [0.25, 0.3) is 42.4 Å².